The number of pyridine rings is 1. The van der Waals surface area contributed by atoms with Crippen molar-refractivity contribution < 1.29 is 14.3 Å². The van der Waals surface area contributed by atoms with E-state index in [9.17, 15) is 4.79 Å². The highest BCUT2D eigenvalue weighted by atomic mass is 35.5. The van der Waals surface area contributed by atoms with Gasteiger partial charge >= 0.3 is 5.97 Å². The number of rotatable bonds is 4. The van der Waals surface area contributed by atoms with Gasteiger partial charge in [-0.2, -0.15) is 0 Å². The summed E-state index contributed by atoms with van der Waals surface area (Å²) in [6.07, 6.45) is 2.13. The summed E-state index contributed by atoms with van der Waals surface area (Å²) < 4.78 is 11.2. The van der Waals surface area contributed by atoms with Gasteiger partial charge in [0.05, 0.1) is 12.1 Å². The van der Waals surface area contributed by atoms with E-state index in [4.69, 9.17) is 32.7 Å². The lowest BCUT2D eigenvalue weighted by Crippen LogP contribution is -2.51. The number of para-hydroxylation sites is 1. The van der Waals surface area contributed by atoms with Gasteiger partial charge in [0, 0.05) is 5.39 Å². The number of esters is 1. The molecule has 1 fully saturated rings. The van der Waals surface area contributed by atoms with Crippen LogP contribution < -0.4 is 4.74 Å². The molecule has 1 aromatic heterocycles. The van der Waals surface area contributed by atoms with Crippen LogP contribution in [0.4, 0.5) is 0 Å². The molecule has 1 heterocycles. The fourth-order valence-corrected chi connectivity index (χ4v) is 2.89. The standard InChI is InChI=1S/C16H15Cl2NO3/c1-2-21-15(20)16(8-5-9-16)22-13-10-6-3-4-7-11(10)19-14(18)12(13)17/h3-4,6-7H,2,5,8-9H2,1H3. The third-order valence-electron chi connectivity index (χ3n) is 3.85. The molecule has 22 heavy (non-hydrogen) atoms. The number of ether oxygens (including phenoxy) is 2. The Bertz CT molecular complexity index is 729. The van der Waals surface area contributed by atoms with Crippen LogP contribution in [0.2, 0.25) is 10.2 Å². The van der Waals surface area contributed by atoms with Crippen LogP contribution in [0.3, 0.4) is 0 Å². The van der Waals surface area contributed by atoms with Crippen molar-refractivity contribution in [2.24, 2.45) is 0 Å². The summed E-state index contributed by atoms with van der Waals surface area (Å²) in [4.78, 5) is 16.5. The monoisotopic (exact) mass is 339 g/mol. The van der Waals surface area contributed by atoms with Crippen LogP contribution in [0.25, 0.3) is 10.9 Å². The zero-order valence-corrected chi connectivity index (χ0v) is 13.6. The lowest BCUT2D eigenvalue weighted by atomic mass is 9.80. The average molecular weight is 340 g/mol. The summed E-state index contributed by atoms with van der Waals surface area (Å²) in [5, 5.41) is 1.11. The lowest BCUT2D eigenvalue weighted by molar-refractivity contribution is -0.169. The van der Waals surface area contributed by atoms with E-state index in [2.05, 4.69) is 4.98 Å². The van der Waals surface area contributed by atoms with Gasteiger partial charge in [-0.15, -0.1) is 0 Å². The molecule has 4 nitrogen and oxygen atoms in total. The van der Waals surface area contributed by atoms with E-state index in [1.807, 2.05) is 24.3 Å². The molecule has 0 bridgehead atoms. The predicted molar refractivity (Wildman–Crippen MR) is 85.6 cm³/mol. The molecule has 0 spiro atoms. The number of carbonyl (C=O) groups is 1. The Balaban J connectivity index is 2.06. The Morgan fingerprint density at radius 3 is 2.68 bits per heavy atom. The zero-order chi connectivity index (χ0) is 15.7. The molecule has 0 N–H and O–H groups in total. The van der Waals surface area contributed by atoms with Gasteiger partial charge in [0.25, 0.3) is 0 Å². The summed E-state index contributed by atoms with van der Waals surface area (Å²) in [5.74, 6) is 0.0411. The molecule has 1 aromatic carbocycles. The summed E-state index contributed by atoms with van der Waals surface area (Å²) in [6, 6.07) is 7.38. The summed E-state index contributed by atoms with van der Waals surface area (Å²) in [6.45, 7) is 2.09. The molecule has 0 unspecified atom stereocenters. The molecule has 116 valence electrons. The molecule has 1 aliphatic carbocycles. The van der Waals surface area contributed by atoms with Crippen LogP contribution in [0, 0.1) is 0 Å². The minimum Gasteiger partial charge on any atom is -0.473 e. The van der Waals surface area contributed by atoms with Crippen molar-refractivity contribution in [2.75, 3.05) is 6.61 Å². The number of nitrogens with zero attached hydrogens (tertiary/aromatic N) is 1. The Labute approximate surface area is 138 Å². The van der Waals surface area contributed by atoms with Crippen LogP contribution in [-0.4, -0.2) is 23.2 Å². The smallest absolute Gasteiger partial charge is 0.350 e. The zero-order valence-electron chi connectivity index (χ0n) is 12.1. The van der Waals surface area contributed by atoms with Crippen molar-refractivity contribution in [1.82, 2.24) is 4.98 Å². The number of carbonyl (C=O) groups excluding carboxylic acids is 1. The molecule has 0 saturated heterocycles. The van der Waals surface area contributed by atoms with Gasteiger partial charge in [-0.1, -0.05) is 35.3 Å². The van der Waals surface area contributed by atoms with Crippen molar-refractivity contribution in [1.29, 1.82) is 0 Å². The van der Waals surface area contributed by atoms with E-state index in [0.29, 0.717) is 30.7 Å². The van der Waals surface area contributed by atoms with Crippen LogP contribution in [-0.2, 0) is 9.53 Å². The highest BCUT2D eigenvalue weighted by molar-refractivity contribution is 6.43. The fourth-order valence-electron chi connectivity index (χ4n) is 2.53. The normalized spacial score (nSPS) is 16.1. The molecule has 0 atom stereocenters. The highest BCUT2D eigenvalue weighted by Gasteiger charge is 2.49. The quantitative estimate of drug-likeness (QED) is 0.611. The molecule has 1 aliphatic rings. The van der Waals surface area contributed by atoms with Gasteiger partial charge in [0.1, 0.15) is 5.02 Å². The van der Waals surface area contributed by atoms with Gasteiger partial charge in [0.15, 0.2) is 10.9 Å². The van der Waals surface area contributed by atoms with Gasteiger partial charge < -0.3 is 9.47 Å². The van der Waals surface area contributed by atoms with Crippen LogP contribution in [0.5, 0.6) is 5.75 Å². The second-order valence-corrected chi connectivity index (χ2v) is 5.97. The Morgan fingerprint density at radius 2 is 2.05 bits per heavy atom. The Kier molecular flexibility index (Phi) is 4.15. The third kappa shape index (κ3) is 2.50. The van der Waals surface area contributed by atoms with E-state index >= 15 is 0 Å². The van der Waals surface area contributed by atoms with Crippen molar-refractivity contribution in [3.8, 4) is 5.75 Å². The largest absolute Gasteiger partial charge is 0.473 e. The highest BCUT2D eigenvalue weighted by Crippen LogP contribution is 2.44. The van der Waals surface area contributed by atoms with Crippen molar-refractivity contribution in [3.63, 3.8) is 0 Å². The second kappa shape index (κ2) is 5.94. The predicted octanol–water partition coefficient (Wildman–Crippen LogP) is 4.41. The summed E-state index contributed by atoms with van der Waals surface area (Å²) in [7, 11) is 0. The van der Waals surface area contributed by atoms with E-state index in [1.54, 1.807) is 6.92 Å². The van der Waals surface area contributed by atoms with E-state index in [-0.39, 0.29) is 16.1 Å². The van der Waals surface area contributed by atoms with Crippen LogP contribution >= 0.6 is 23.2 Å². The SMILES string of the molecule is CCOC(=O)C1(Oc2c(Cl)c(Cl)nc3ccccc23)CCC1. The van der Waals surface area contributed by atoms with Gasteiger partial charge in [-0.25, -0.2) is 9.78 Å². The van der Waals surface area contributed by atoms with Gasteiger partial charge in [-0.05, 0) is 38.3 Å². The minimum atomic E-state index is -0.965. The summed E-state index contributed by atoms with van der Waals surface area (Å²) in [5.41, 5.74) is -0.294. The van der Waals surface area contributed by atoms with Gasteiger partial charge in [-0.3, -0.25) is 0 Å². The van der Waals surface area contributed by atoms with E-state index in [1.165, 1.54) is 0 Å². The van der Waals surface area contributed by atoms with Crippen molar-refractivity contribution in [3.05, 3.63) is 34.4 Å². The second-order valence-electron chi connectivity index (χ2n) is 5.23. The molecule has 0 amide bonds. The van der Waals surface area contributed by atoms with Gasteiger partial charge in [0.2, 0.25) is 5.60 Å². The molecule has 3 rings (SSSR count). The Hall–Kier alpha value is -1.52. The molecule has 2 aromatic rings. The Morgan fingerprint density at radius 1 is 1.32 bits per heavy atom. The third-order valence-corrected chi connectivity index (χ3v) is 4.57. The number of fused-ring (bicyclic) bond motifs is 1. The maximum absolute atomic E-state index is 12.2. The molecule has 0 aliphatic heterocycles. The molecular formula is C16H15Cl2NO3. The van der Waals surface area contributed by atoms with Crippen molar-refractivity contribution >= 4 is 40.1 Å². The lowest BCUT2D eigenvalue weighted by Gasteiger charge is -2.39. The molecule has 0 radical (unpaired) electrons. The van der Waals surface area contributed by atoms with Crippen molar-refractivity contribution in [2.45, 2.75) is 31.8 Å². The van der Waals surface area contributed by atoms with Crippen LogP contribution in [0.1, 0.15) is 26.2 Å². The van der Waals surface area contributed by atoms with E-state index < -0.39 is 5.60 Å². The summed E-state index contributed by atoms with van der Waals surface area (Å²) >= 11 is 12.4. The minimum absolute atomic E-state index is 0.161. The average Bonchev–Trinajstić information content (AvgIpc) is 2.46. The number of hydrogen-bond donors (Lipinski definition) is 0. The molecule has 6 heteroatoms. The number of halogens is 2. The van der Waals surface area contributed by atoms with E-state index in [0.717, 1.165) is 11.8 Å². The first-order valence-corrected chi connectivity index (χ1v) is 7.93. The number of benzene rings is 1. The topological polar surface area (TPSA) is 48.4 Å². The molecular weight excluding hydrogens is 325 g/mol. The first kappa shape index (κ1) is 15.4. The van der Waals surface area contributed by atoms with Crippen LogP contribution in [0.15, 0.2) is 24.3 Å². The first-order valence-electron chi connectivity index (χ1n) is 7.17. The number of hydrogen-bond acceptors (Lipinski definition) is 4. The number of aromatic nitrogens is 1. The first-order chi connectivity index (χ1) is 10.6. The maximum Gasteiger partial charge on any atom is 0.350 e. The molecule has 1 saturated carbocycles. The fraction of sp³-hybridized carbons (Fsp3) is 0.375. The maximum atomic E-state index is 12.2.